The van der Waals surface area contributed by atoms with Gasteiger partial charge in [0.1, 0.15) is 16.8 Å². The number of nitrogens with zero attached hydrogens (tertiary/aromatic N) is 3. The Labute approximate surface area is 288 Å². The number of aromatic nitrogens is 3. The third-order valence-electron chi connectivity index (χ3n) is 9.59. The molecule has 0 saturated heterocycles. The zero-order valence-corrected chi connectivity index (χ0v) is 27.0. The number of rotatable bonds is 5. The molecule has 0 atom stereocenters. The van der Waals surface area contributed by atoms with Crippen molar-refractivity contribution in [2.24, 2.45) is 0 Å². The predicted octanol–water partition coefficient (Wildman–Crippen LogP) is 12.1. The summed E-state index contributed by atoms with van der Waals surface area (Å²) >= 11 is 0. The molecule has 4 nitrogen and oxygen atoms in total. The molecule has 0 aliphatic rings. The number of para-hydroxylation sites is 2. The van der Waals surface area contributed by atoms with Crippen molar-refractivity contribution in [2.75, 3.05) is 0 Å². The summed E-state index contributed by atoms with van der Waals surface area (Å²) < 4.78 is 9.08. The average Bonchev–Trinajstić information content (AvgIpc) is 3.74. The third-order valence-corrected chi connectivity index (χ3v) is 9.59. The van der Waals surface area contributed by atoms with Gasteiger partial charge in [0.25, 0.3) is 0 Å². The lowest BCUT2D eigenvalue weighted by molar-refractivity contribution is 0.667. The maximum atomic E-state index is 6.69. The lowest BCUT2D eigenvalue weighted by atomic mass is 9.97. The first-order valence-electron chi connectivity index (χ1n) is 16.8. The highest BCUT2D eigenvalue weighted by molar-refractivity contribution is 6.10. The van der Waals surface area contributed by atoms with Gasteiger partial charge >= 0.3 is 0 Å². The number of benzene rings is 7. The molecule has 3 heterocycles. The van der Waals surface area contributed by atoms with Crippen LogP contribution in [-0.4, -0.2) is 14.5 Å². The molecule has 0 N–H and O–H groups in total. The molecule has 0 aliphatic heterocycles. The van der Waals surface area contributed by atoms with Crippen molar-refractivity contribution in [3.8, 4) is 50.6 Å². The molecular formula is C46H29N3O. The molecule has 0 unspecified atom stereocenters. The van der Waals surface area contributed by atoms with E-state index in [-0.39, 0.29) is 0 Å². The molecule has 0 fully saturated rings. The second-order valence-electron chi connectivity index (χ2n) is 12.6. The van der Waals surface area contributed by atoms with Gasteiger partial charge in [-0.1, -0.05) is 133 Å². The largest absolute Gasteiger partial charge is 0.452 e. The van der Waals surface area contributed by atoms with Crippen LogP contribution in [0.2, 0.25) is 0 Å². The van der Waals surface area contributed by atoms with Gasteiger partial charge in [0.2, 0.25) is 0 Å². The summed E-state index contributed by atoms with van der Waals surface area (Å²) in [5.74, 6) is 0.676. The monoisotopic (exact) mass is 639 g/mol. The Morgan fingerprint density at radius 3 is 1.62 bits per heavy atom. The van der Waals surface area contributed by atoms with E-state index in [1.807, 2.05) is 48.5 Å². The highest BCUT2D eigenvalue weighted by atomic mass is 16.3. The SMILES string of the molecule is c1ccc(-c2cc(-c3ccc4c(c3)oc3c(-c5ccccc5)nc(-c5ccccc5)nc34)cc(-n3c4ccccc4c4ccccc43)c2)cc1. The van der Waals surface area contributed by atoms with Crippen molar-refractivity contribution >= 4 is 43.9 Å². The first kappa shape index (κ1) is 28.3. The van der Waals surface area contributed by atoms with Gasteiger partial charge in [-0.2, -0.15) is 0 Å². The summed E-state index contributed by atoms with van der Waals surface area (Å²) in [6.07, 6.45) is 0. The Bertz CT molecular complexity index is 2800. The molecule has 0 bridgehead atoms. The summed E-state index contributed by atoms with van der Waals surface area (Å²) in [6, 6.07) is 61.6. The average molecular weight is 640 g/mol. The number of fused-ring (bicyclic) bond motifs is 6. The fourth-order valence-electron chi connectivity index (χ4n) is 7.23. The van der Waals surface area contributed by atoms with Gasteiger partial charge in [0.05, 0.1) is 11.0 Å². The van der Waals surface area contributed by atoms with E-state index in [2.05, 4.69) is 132 Å². The molecule has 10 aromatic rings. The minimum absolute atomic E-state index is 0.676. The number of hydrogen-bond donors (Lipinski definition) is 0. The molecule has 0 radical (unpaired) electrons. The molecule has 10 rings (SSSR count). The number of hydrogen-bond acceptors (Lipinski definition) is 3. The molecular weight excluding hydrogens is 611 g/mol. The van der Waals surface area contributed by atoms with Crippen molar-refractivity contribution < 1.29 is 4.42 Å². The molecule has 0 saturated carbocycles. The molecule has 50 heavy (non-hydrogen) atoms. The second kappa shape index (κ2) is 11.4. The van der Waals surface area contributed by atoms with E-state index < -0.39 is 0 Å². The fourth-order valence-corrected chi connectivity index (χ4v) is 7.23. The molecule has 7 aromatic carbocycles. The summed E-state index contributed by atoms with van der Waals surface area (Å²) in [6.45, 7) is 0. The van der Waals surface area contributed by atoms with Gasteiger partial charge in [-0.05, 0) is 64.7 Å². The van der Waals surface area contributed by atoms with Crippen LogP contribution in [0.5, 0.6) is 0 Å². The maximum Gasteiger partial charge on any atom is 0.180 e. The summed E-state index contributed by atoms with van der Waals surface area (Å²) in [5, 5.41) is 3.44. The van der Waals surface area contributed by atoms with Crippen LogP contribution >= 0.6 is 0 Å². The highest BCUT2D eigenvalue weighted by Gasteiger charge is 2.19. The quantitative estimate of drug-likeness (QED) is 0.188. The van der Waals surface area contributed by atoms with Gasteiger partial charge in [-0.15, -0.1) is 0 Å². The van der Waals surface area contributed by atoms with Gasteiger partial charge in [0.15, 0.2) is 11.4 Å². The van der Waals surface area contributed by atoms with Gasteiger partial charge in [0, 0.05) is 33.0 Å². The van der Waals surface area contributed by atoms with E-state index in [1.165, 1.54) is 21.8 Å². The first-order valence-corrected chi connectivity index (χ1v) is 16.8. The predicted molar refractivity (Wildman–Crippen MR) is 205 cm³/mol. The van der Waals surface area contributed by atoms with Crippen molar-refractivity contribution in [1.29, 1.82) is 0 Å². The van der Waals surface area contributed by atoms with E-state index in [0.717, 1.165) is 61.2 Å². The maximum absolute atomic E-state index is 6.69. The smallest absolute Gasteiger partial charge is 0.180 e. The Hall–Kier alpha value is -6.78. The summed E-state index contributed by atoms with van der Waals surface area (Å²) in [5.41, 5.74) is 13.0. The van der Waals surface area contributed by atoms with Crippen LogP contribution in [0, 0.1) is 0 Å². The lowest BCUT2D eigenvalue weighted by Crippen LogP contribution is -1.96. The lowest BCUT2D eigenvalue weighted by Gasteiger charge is -2.14. The standard InChI is InChI=1S/C46H29N3O/c1-4-14-30(15-5-1)34-26-35(28-36(27-34)49-40-22-12-10-20-37(40)38-21-11-13-23-41(38)49)33-24-25-39-42(29-33)50-45-43(31-16-6-2-7-17-31)47-46(48-44(39)45)32-18-8-3-9-19-32/h1-29H. The number of furan rings is 1. The van der Waals surface area contributed by atoms with Crippen LogP contribution in [0.1, 0.15) is 0 Å². The Balaban J connectivity index is 1.20. The zero-order chi connectivity index (χ0) is 33.0. The topological polar surface area (TPSA) is 43.9 Å². The molecule has 0 aliphatic carbocycles. The highest BCUT2D eigenvalue weighted by Crippen LogP contribution is 2.39. The zero-order valence-electron chi connectivity index (χ0n) is 27.0. The van der Waals surface area contributed by atoms with Crippen molar-refractivity contribution in [2.45, 2.75) is 0 Å². The molecule has 0 spiro atoms. The molecule has 234 valence electrons. The van der Waals surface area contributed by atoms with E-state index >= 15 is 0 Å². The van der Waals surface area contributed by atoms with E-state index in [4.69, 9.17) is 14.4 Å². The first-order chi connectivity index (χ1) is 24.8. The van der Waals surface area contributed by atoms with Gasteiger partial charge < -0.3 is 8.98 Å². The molecule has 3 aromatic heterocycles. The Morgan fingerprint density at radius 1 is 0.400 bits per heavy atom. The summed E-state index contributed by atoms with van der Waals surface area (Å²) in [4.78, 5) is 10.1. The Morgan fingerprint density at radius 2 is 0.960 bits per heavy atom. The van der Waals surface area contributed by atoms with E-state index in [0.29, 0.717) is 11.4 Å². The van der Waals surface area contributed by atoms with Crippen LogP contribution in [0.15, 0.2) is 180 Å². The van der Waals surface area contributed by atoms with Gasteiger partial charge in [-0.3, -0.25) is 0 Å². The minimum atomic E-state index is 0.676. The van der Waals surface area contributed by atoms with Crippen LogP contribution < -0.4 is 0 Å². The van der Waals surface area contributed by atoms with Gasteiger partial charge in [-0.25, -0.2) is 9.97 Å². The third kappa shape index (κ3) is 4.61. The normalized spacial score (nSPS) is 11.6. The van der Waals surface area contributed by atoms with Crippen molar-refractivity contribution in [3.05, 3.63) is 176 Å². The summed E-state index contributed by atoms with van der Waals surface area (Å²) in [7, 11) is 0. The molecule has 4 heteroatoms. The second-order valence-corrected chi connectivity index (χ2v) is 12.6. The minimum Gasteiger partial charge on any atom is -0.452 e. The fraction of sp³-hybridized carbons (Fsp3) is 0. The van der Waals surface area contributed by atoms with Crippen molar-refractivity contribution in [1.82, 2.24) is 14.5 Å². The van der Waals surface area contributed by atoms with Crippen LogP contribution in [0.3, 0.4) is 0 Å². The van der Waals surface area contributed by atoms with E-state index in [9.17, 15) is 0 Å². The van der Waals surface area contributed by atoms with Crippen LogP contribution in [0.4, 0.5) is 0 Å². The van der Waals surface area contributed by atoms with Crippen LogP contribution in [-0.2, 0) is 0 Å². The molecule has 0 amide bonds. The van der Waals surface area contributed by atoms with E-state index in [1.54, 1.807) is 0 Å². The van der Waals surface area contributed by atoms with Crippen LogP contribution in [0.25, 0.3) is 94.5 Å². The van der Waals surface area contributed by atoms with Crippen molar-refractivity contribution in [3.63, 3.8) is 0 Å². The Kier molecular flexibility index (Phi) is 6.46.